The van der Waals surface area contributed by atoms with Crippen molar-refractivity contribution < 1.29 is 0 Å². The Morgan fingerprint density at radius 1 is 1.43 bits per heavy atom. The average Bonchev–Trinajstić information content (AvgIpc) is 2.56. The van der Waals surface area contributed by atoms with E-state index in [0.717, 1.165) is 29.7 Å². The molecule has 0 radical (unpaired) electrons. The molecule has 1 fully saturated rings. The summed E-state index contributed by atoms with van der Waals surface area (Å²) in [6.07, 6.45) is 3.31. The molecule has 2 nitrogen and oxygen atoms in total. The molecule has 0 bridgehead atoms. The second kappa shape index (κ2) is 4.32. The molecule has 4 heteroatoms. The van der Waals surface area contributed by atoms with E-state index < -0.39 is 0 Å². The highest BCUT2D eigenvalue weighted by molar-refractivity contribution is 7.16. The molecule has 1 aromatic rings. The fourth-order valence-electron chi connectivity index (χ4n) is 1.69. The van der Waals surface area contributed by atoms with Crippen LogP contribution in [0.4, 0.5) is 0 Å². The van der Waals surface area contributed by atoms with Gasteiger partial charge in [-0.3, -0.25) is 5.41 Å². The summed E-state index contributed by atoms with van der Waals surface area (Å²) in [5.74, 6) is 0.778. The minimum atomic E-state index is 0.778. The summed E-state index contributed by atoms with van der Waals surface area (Å²) in [6.45, 7) is 1.88. The van der Waals surface area contributed by atoms with E-state index in [9.17, 15) is 0 Å². The van der Waals surface area contributed by atoms with Crippen LogP contribution in [-0.4, -0.2) is 17.3 Å². The predicted octanol–water partition coefficient (Wildman–Crippen LogP) is 3.36. The third-order valence-electron chi connectivity index (χ3n) is 2.45. The van der Waals surface area contributed by atoms with E-state index in [0.29, 0.717) is 0 Å². The summed E-state index contributed by atoms with van der Waals surface area (Å²) >= 11 is 7.47. The van der Waals surface area contributed by atoms with Crippen LogP contribution in [0.5, 0.6) is 0 Å². The van der Waals surface area contributed by atoms with Crippen LogP contribution in [0.2, 0.25) is 4.34 Å². The Morgan fingerprint density at radius 2 is 2.29 bits per heavy atom. The minimum Gasteiger partial charge on any atom is -0.355 e. The fourth-order valence-corrected chi connectivity index (χ4v) is 2.79. The second-order valence-electron chi connectivity index (χ2n) is 3.53. The first kappa shape index (κ1) is 9.99. The van der Waals surface area contributed by atoms with E-state index in [1.54, 1.807) is 11.3 Å². The topological polar surface area (TPSA) is 27.1 Å². The van der Waals surface area contributed by atoms with Crippen LogP contribution in [0.15, 0.2) is 12.1 Å². The van der Waals surface area contributed by atoms with Gasteiger partial charge in [-0.05, 0) is 25.0 Å². The Labute approximate surface area is 93.0 Å². The molecular weight excluding hydrogens is 216 g/mol. The van der Waals surface area contributed by atoms with Crippen LogP contribution in [0, 0.1) is 5.41 Å². The van der Waals surface area contributed by atoms with Gasteiger partial charge in [0.25, 0.3) is 0 Å². The first-order chi connectivity index (χ1) is 6.75. The van der Waals surface area contributed by atoms with Gasteiger partial charge >= 0.3 is 0 Å². The van der Waals surface area contributed by atoms with Crippen molar-refractivity contribution in [1.82, 2.24) is 4.90 Å². The number of amidine groups is 1. The molecule has 2 rings (SSSR count). The number of likely N-dealkylation sites (tertiary alicyclic amines) is 1. The molecule has 1 aromatic heterocycles. The summed E-state index contributed by atoms with van der Waals surface area (Å²) < 4.78 is 0.837. The van der Waals surface area contributed by atoms with Gasteiger partial charge in [-0.25, -0.2) is 0 Å². The van der Waals surface area contributed by atoms with E-state index in [4.69, 9.17) is 17.0 Å². The van der Waals surface area contributed by atoms with Crippen molar-refractivity contribution in [3.63, 3.8) is 0 Å². The summed E-state index contributed by atoms with van der Waals surface area (Å²) in [4.78, 5) is 3.40. The number of nitrogens with one attached hydrogen (secondary N) is 1. The van der Waals surface area contributed by atoms with Crippen molar-refractivity contribution in [3.8, 4) is 0 Å². The second-order valence-corrected chi connectivity index (χ2v) is 5.33. The fraction of sp³-hybridized carbons (Fsp3) is 0.500. The number of rotatable bonds is 2. The Hall–Kier alpha value is -0.540. The normalized spacial score (nSPS) is 17.5. The standard InChI is InChI=1S/C10H13ClN2S/c11-9-5-4-8(14-9)7-13-6-2-1-3-10(13)12/h4-5,12H,1-3,6-7H2. The molecule has 0 spiro atoms. The van der Waals surface area contributed by atoms with Crippen LogP contribution in [0.3, 0.4) is 0 Å². The number of hydrogen-bond donors (Lipinski definition) is 1. The van der Waals surface area contributed by atoms with Crippen LogP contribution < -0.4 is 0 Å². The van der Waals surface area contributed by atoms with Crippen molar-refractivity contribution in [1.29, 1.82) is 5.41 Å². The zero-order valence-corrected chi connectivity index (χ0v) is 9.50. The SMILES string of the molecule is N=C1CCCCN1Cc1ccc(Cl)s1. The largest absolute Gasteiger partial charge is 0.355 e. The van der Waals surface area contributed by atoms with Gasteiger partial charge in [-0.15, -0.1) is 11.3 Å². The molecule has 0 atom stereocenters. The van der Waals surface area contributed by atoms with Crippen LogP contribution in [0.25, 0.3) is 0 Å². The predicted molar refractivity (Wildman–Crippen MR) is 61.3 cm³/mol. The molecule has 0 amide bonds. The summed E-state index contributed by atoms with van der Waals surface area (Å²) in [7, 11) is 0. The lowest BCUT2D eigenvalue weighted by Gasteiger charge is -2.28. The molecular formula is C10H13ClN2S. The summed E-state index contributed by atoms with van der Waals surface area (Å²) in [5, 5.41) is 7.80. The minimum absolute atomic E-state index is 0.778. The van der Waals surface area contributed by atoms with Crippen LogP contribution in [0.1, 0.15) is 24.1 Å². The number of piperidine rings is 1. The molecule has 14 heavy (non-hydrogen) atoms. The van der Waals surface area contributed by atoms with E-state index in [-0.39, 0.29) is 0 Å². The number of thiophene rings is 1. The maximum absolute atomic E-state index is 7.80. The van der Waals surface area contributed by atoms with E-state index in [2.05, 4.69) is 11.0 Å². The molecule has 0 unspecified atom stereocenters. The Morgan fingerprint density at radius 3 is 2.93 bits per heavy atom. The smallest absolute Gasteiger partial charge is 0.0960 e. The molecule has 0 aromatic carbocycles. The maximum Gasteiger partial charge on any atom is 0.0960 e. The lowest BCUT2D eigenvalue weighted by molar-refractivity contribution is 0.364. The zero-order chi connectivity index (χ0) is 9.97. The van der Waals surface area contributed by atoms with Gasteiger partial charge in [-0.1, -0.05) is 11.6 Å². The molecule has 0 saturated carbocycles. The Balaban J connectivity index is 1.99. The van der Waals surface area contributed by atoms with Gasteiger partial charge in [0.05, 0.1) is 16.7 Å². The van der Waals surface area contributed by atoms with Gasteiger partial charge in [0.15, 0.2) is 0 Å². The zero-order valence-electron chi connectivity index (χ0n) is 7.92. The lowest BCUT2D eigenvalue weighted by Crippen LogP contribution is -2.33. The lowest BCUT2D eigenvalue weighted by atomic mass is 10.1. The van der Waals surface area contributed by atoms with Crippen LogP contribution >= 0.6 is 22.9 Å². The van der Waals surface area contributed by atoms with Crippen molar-refractivity contribution in [2.45, 2.75) is 25.8 Å². The van der Waals surface area contributed by atoms with Gasteiger partial charge in [-0.2, -0.15) is 0 Å². The van der Waals surface area contributed by atoms with Gasteiger partial charge < -0.3 is 4.90 Å². The third kappa shape index (κ3) is 2.28. The quantitative estimate of drug-likeness (QED) is 0.826. The molecule has 1 N–H and O–H groups in total. The van der Waals surface area contributed by atoms with Gasteiger partial charge in [0, 0.05) is 17.8 Å². The Bertz CT molecular complexity index is 335. The maximum atomic E-state index is 7.80. The van der Waals surface area contributed by atoms with Crippen molar-refractivity contribution in [2.75, 3.05) is 6.54 Å². The highest BCUT2D eigenvalue weighted by atomic mass is 35.5. The molecule has 2 heterocycles. The third-order valence-corrected chi connectivity index (χ3v) is 3.66. The highest BCUT2D eigenvalue weighted by Gasteiger charge is 2.15. The van der Waals surface area contributed by atoms with Crippen molar-refractivity contribution >= 4 is 28.8 Å². The van der Waals surface area contributed by atoms with E-state index in [1.807, 2.05) is 6.07 Å². The number of hydrogen-bond acceptors (Lipinski definition) is 2. The average molecular weight is 229 g/mol. The molecule has 0 aliphatic carbocycles. The highest BCUT2D eigenvalue weighted by Crippen LogP contribution is 2.24. The summed E-state index contributed by atoms with van der Waals surface area (Å²) in [5.41, 5.74) is 0. The summed E-state index contributed by atoms with van der Waals surface area (Å²) in [6, 6.07) is 3.98. The monoisotopic (exact) mass is 228 g/mol. The van der Waals surface area contributed by atoms with E-state index >= 15 is 0 Å². The first-order valence-electron chi connectivity index (χ1n) is 4.82. The Kier molecular flexibility index (Phi) is 3.08. The molecule has 1 saturated heterocycles. The number of nitrogens with zero attached hydrogens (tertiary/aromatic N) is 1. The van der Waals surface area contributed by atoms with Crippen molar-refractivity contribution in [2.24, 2.45) is 0 Å². The van der Waals surface area contributed by atoms with Crippen LogP contribution in [-0.2, 0) is 6.54 Å². The van der Waals surface area contributed by atoms with E-state index in [1.165, 1.54) is 17.7 Å². The molecule has 1 aliphatic heterocycles. The first-order valence-corrected chi connectivity index (χ1v) is 6.02. The van der Waals surface area contributed by atoms with Gasteiger partial charge in [0.1, 0.15) is 0 Å². The van der Waals surface area contributed by atoms with Crippen molar-refractivity contribution in [3.05, 3.63) is 21.3 Å². The number of halogens is 1. The van der Waals surface area contributed by atoms with Gasteiger partial charge in [0.2, 0.25) is 0 Å². The molecule has 1 aliphatic rings. The molecule has 76 valence electrons.